The number of nitrogens with zero attached hydrogens (tertiary/aromatic N) is 3. The fourth-order valence-corrected chi connectivity index (χ4v) is 3.31. The Bertz CT molecular complexity index is 979. The number of anilines is 1. The lowest BCUT2D eigenvalue weighted by Gasteiger charge is -2.24. The molecule has 0 saturated carbocycles. The Labute approximate surface area is 163 Å². The molecule has 0 aliphatic heterocycles. The molecule has 0 unspecified atom stereocenters. The smallest absolute Gasteiger partial charge is 0.320 e. The van der Waals surface area contributed by atoms with Gasteiger partial charge in [0.2, 0.25) is 5.91 Å². The zero-order chi connectivity index (χ0) is 20.4. The average Bonchev–Trinajstić information content (AvgIpc) is 3.03. The lowest BCUT2D eigenvalue weighted by atomic mass is 10.1. The number of para-hydroxylation sites is 3. The first kappa shape index (κ1) is 19.9. The van der Waals surface area contributed by atoms with Crippen LogP contribution in [0.25, 0.3) is 11.0 Å². The SMILES string of the molecule is Cc1cccc(C)c1NC(=O)CN(C)[C@H](C)c1nc2ccccc2n1C(F)F. The minimum Gasteiger partial charge on any atom is -0.324 e. The van der Waals surface area contributed by atoms with E-state index in [1.165, 1.54) is 0 Å². The molecule has 1 N–H and O–H groups in total. The maximum Gasteiger partial charge on any atom is 0.320 e. The number of aromatic nitrogens is 2. The first-order chi connectivity index (χ1) is 13.3. The van der Waals surface area contributed by atoms with E-state index in [1.807, 2.05) is 32.0 Å². The number of amides is 1. The van der Waals surface area contributed by atoms with Crippen molar-refractivity contribution in [2.24, 2.45) is 0 Å². The molecule has 1 amide bonds. The second kappa shape index (κ2) is 8.06. The van der Waals surface area contributed by atoms with E-state index in [1.54, 1.807) is 43.1 Å². The Hall–Kier alpha value is -2.80. The molecule has 1 atom stereocenters. The maximum atomic E-state index is 13.7. The van der Waals surface area contributed by atoms with E-state index in [4.69, 9.17) is 0 Å². The second-order valence-corrected chi connectivity index (χ2v) is 7.01. The van der Waals surface area contributed by atoms with Gasteiger partial charge in [0.05, 0.1) is 23.6 Å². The first-order valence-electron chi connectivity index (χ1n) is 9.11. The fraction of sp³-hybridized carbons (Fsp3) is 0.333. The van der Waals surface area contributed by atoms with E-state index in [-0.39, 0.29) is 18.3 Å². The Morgan fingerprint density at radius 3 is 2.43 bits per heavy atom. The van der Waals surface area contributed by atoms with Gasteiger partial charge in [-0.3, -0.25) is 14.3 Å². The van der Waals surface area contributed by atoms with E-state index in [9.17, 15) is 13.6 Å². The van der Waals surface area contributed by atoms with E-state index < -0.39 is 12.6 Å². The van der Waals surface area contributed by atoms with Gasteiger partial charge >= 0.3 is 6.55 Å². The molecule has 148 valence electrons. The molecule has 1 aromatic heterocycles. The van der Waals surface area contributed by atoms with Crippen molar-refractivity contribution in [3.05, 3.63) is 59.4 Å². The average molecular weight is 386 g/mol. The number of benzene rings is 2. The third-order valence-electron chi connectivity index (χ3n) is 4.99. The summed E-state index contributed by atoms with van der Waals surface area (Å²) in [6.45, 7) is 2.98. The molecule has 0 radical (unpaired) electrons. The van der Waals surface area contributed by atoms with Gasteiger partial charge in [-0.1, -0.05) is 30.3 Å². The molecule has 3 rings (SSSR count). The van der Waals surface area contributed by atoms with Crippen LogP contribution in [-0.4, -0.2) is 34.0 Å². The number of nitrogens with one attached hydrogen (secondary N) is 1. The van der Waals surface area contributed by atoms with Gasteiger partial charge in [0.15, 0.2) is 0 Å². The fourth-order valence-electron chi connectivity index (χ4n) is 3.31. The van der Waals surface area contributed by atoms with Crippen molar-refractivity contribution in [1.82, 2.24) is 14.5 Å². The predicted molar refractivity (Wildman–Crippen MR) is 107 cm³/mol. The normalized spacial score (nSPS) is 12.7. The van der Waals surface area contributed by atoms with Gasteiger partial charge in [0.1, 0.15) is 5.82 Å². The third-order valence-corrected chi connectivity index (χ3v) is 4.99. The van der Waals surface area contributed by atoms with Crippen LogP contribution in [-0.2, 0) is 4.79 Å². The van der Waals surface area contributed by atoms with Crippen LogP contribution in [0.1, 0.15) is 36.5 Å². The van der Waals surface area contributed by atoms with Crippen LogP contribution in [0, 0.1) is 13.8 Å². The molecule has 2 aromatic carbocycles. The summed E-state index contributed by atoms with van der Waals surface area (Å²) in [6.07, 6.45) is 0. The van der Waals surface area contributed by atoms with Crippen LogP contribution in [0.4, 0.5) is 14.5 Å². The van der Waals surface area contributed by atoms with Crippen molar-refractivity contribution < 1.29 is 13.6 Å². The Morgan fingerprint density at radius 2 is 1.79 bits per heavy atom. The molecule has 3 aromatic rings. The molecule has 0 fully saturated rings. The van der Waals surface area contributed by atoms with Crippen molar-refractivity contribution in [3.8, 4) is 0 Å². The second-order valence-electron chi connectivity index (χ2n) is 7.01. The van der Waals surface area contributed by atoms with Crippen molar-refractivity contribution in [2.45, 2.75) is 33.4 Å². The van der Waals surface area contributed by atoms with Crippen LogP contribution in [0.2, 0.25) is 0 Å². The van der Waals surface area contributed by atoms with Crippen LogP contribution in [0.5, 0.6) is 0 Å². The summed E-state index contributed by atoms with van der Waals surface area (Å²) in [5.41, 5.74) is 3.63. The highest BCUT2D eigenvalue weighted by molar-refractivity contribution is 5.93. The van der Waals surface area contributed by atoms with E-state index in [0.29, 0.717) is 11.0 Å². The Balaban J connectivity index is 1.79. The standard InChI is InChI=1S/C21H24F2N4O/c1-13-8-7-9-14(2)19(13)25-18(28)12-26(4)15(3)20-24-16-10-5-6-11-17(16)27(20)21(22)23/h5-11,15,21H,12H2,1-4H3,(H,25,28)/t15-/m1/s1. The van der Waals surface area contributed by atoms with E-state index in [2.05, 4.69) is 10.3 Å². The number of alkyl halides is 2. The van der Waals surface area contributed by atoms with Crippen molar-refractivity contribution in [3.63, 3.8) is 0 Å². The van der Waals surface area contributed by atoms with Gasteiger partial charge < -0.3 is 5.32 Å². The quantitative estimate of drug-likeness (QED) is 0.669. The molecule has 28 heavy (non-hydrogen) atoms. The van der Waals surface area contributed by atoms with Gasteiger partial charge in [-0.25, -0.2) is 4.98 Å². The van der Waals surface area contributed by atoms with Gasteiger partial charge in [0.25, 0.3) is 0 Å². The summed E-state index contributed by atoms with van der Waals surface area (Å²) >= 11 is 0. The molecule has 5 nitrogen and oxygen atoms in total. The number of aryl methyl sites for hydroxylation is 2. The summed E-state index contributed by atoms with van der Waals surface area (Å²) < 4.78 is 28.3. The summed E-state index contributed by atoms with van der Waals surface area (Å²) in [4.78, 5) is 18.6. The predicted octanol–water partition coefficient (Wildman–Crippen LogP) is 4.68. The van der Waals surface area contributed by atoms with Crippen molar-refractivity contribution >= 4 is 22.6 Å². The van der Waals surface area contributed by atoms with Crippen LogP contribution in [0.15, 0.2) is 42.5 Å². The molecule has 0 saturated heterocycles. The number of imidazole rings is 1. The first-order valence-corrected chi connectivity index (χ1v) is 9.11. The minimum absolute atomic E-state index is 0.0569. The van der Waals surface area contributed by atoms with Crippen molar-refractivity contribution in [1.29, 1.82) is 0 Å². The third kappa shape index (κ3) is 3.89. The van der Waals surface area contributed by atoms with E-state index in [0.717, 1.165) is 21.4 Å². The van der Waals surface area contributed by atoms with Gasteiger partial charge in [0, 0.05) is 5.69 Å². The molecule has 0 aliphatic carbocycles. The number of fused-ring (bicyclic) bond motifs is 1. The lowest BCUT2D eigenvalue weighted by molar-refractivity contribution is -0.117. The highest BCUT2D eigenvalue weighted by Gasteiger charge is 2.25. The molecule has 0 aliphatic rings. The van der Waals surface area contributed by atoms with Crippen LogP contribution >= 0.6 is 0 Å². The topological polar surface area (TPSA) is 50.2 Å². The lowest BCUT2D eigenvalue weighted by Crippen LogP contribution is -2.33. The summed E-state index contributed by atoms with van der Waals surface area (Å²) in [5.74, 6) is 0.0324. The zero-order valence-electron chi connectivity index (χ0n) is 16.4. The number of carbonyl (C=O) groups is 1. The number of halogens is 2. The summed E-state index contributed by atoms with van der Waals surface area (Å²) in [5, 5.41) is 2.92. The molecule has 0 bridgehead atoms. The molecule has 0 spiro atoms. The maximum absolute atomic E-state index is 13.7. The van der Waals surface area contributed by atoms with Crippen molar-refractivity contribution in [2.75, 3.05) is 18.9 Å². The monoisotopic (exact) mass is 386 g/mol. The highest BCUT2D eigenvalue weighted by Crippen LogP contribution is 2.28. The minimum atomic E-state index is -2.71. The van der Waals surface area contributed by atoms with Gasteiger partial charge in [-0.2, -0.15) is 8.78 Å². The summed E-state index contributed by atoms with van der Waals surface area (Å²) in [7, 11) is 1.73. The number of likely N-dealkylation sites (N-methyl/N-ethyl adjacent to an activating group) is 1. The molecule has 1 heterocycles. The van der Waals surface area contributed by atoms with Crippen LogP contribution in [0.3, 0.4) is 0 Å². The number of hydrogen-bond acceptors (Lipinski definition) is 3. The highest BCUT2D eigenvalue weighted by atomic mass is 19.3. The molecular formula is C21H24F2N4O. The summed E-state index contributed by atoms with van der Waals surface area (Å²) in [6, 6.07) is 12.1. The van der Waals surface area contributed by atoms with Crippen LogP contribution < -0.4 is 5.32 Å². The van der Waals surface area contributed by atoms with Gasteiger partial charge in [-0.15, -0.1) is 0 Å². The van der Waals surface area contributed by atoms with E-state index >= 15 is 0 Å². The van der Waals surface area contributed by atoms with Gasteiger partial charge in [-0.05, 0) is 51.1 Å². The Kier molecular flexibility index (Phi) is 5.74. The molecule has 7 heteroatoms. The number of hydrogen-bond donors (Lipinski definition) is 1. The Morgan fingerprint density at radius 1 is 1.14 bits per heavy atom. The number of carbonyl (C=O) groups excluding carboxylic acids is 1. The molecular weight excluding hydrogens is 362 g/mol. The largest absolute Gasteiger partial charge is 0.324 e. The number of rotatable bonds is 6. The zero-order valence-corrected chi connectivity index (χ0v) is 16.4.